The van der Waals surface area contributed by atoms with Crippen molar-refractivity contribution in [2.24, 2.45) is 4.99 Å². The molecular weight excluding hydrogens is 989 g/mol. The van der Waals surface area contributed by atoms with E-state index in [1.807, 2.05) is 77.8 Å². The summed E-state index contributed by atoms with van der Waals surface area (Å²) in [6.45, 7) is 4.80. The molecule has 2 atom stereocenters. The Balaban J connectivity index is 0.979. The van der Waals surface area contributed by atoms with Crippen LogP contribution in [-0.2, 0) is 59.5 Å². The molecule has 0 saturated heterocycles. The van der Waals surface area contributed by atoms with Crippen LogP contribution in [0, 0.1) is 0 Å². The molecule has 404 valence electrons. The maximum absolute atomic E-state index is 14.2. The molecular formula is C58H64N6O13. The van der Waals surface area contributed by atoms with Crippen LogP contribution in [0.15, 0.2) is 96.0 Å². The van der Waals surface area contributed by atoms with Gasteiger partial charge in [-0.05, 0) is 84.5 Å². The molecule has 9 rings (SSSR count). The van der Waals surface area contributed by atoms with Gasteiger partial charge < -0.3 is 57.9 Å². The summed E-state index contributed by atoms with van der Waals surface area (Å²) in [6, 6.07) is 28.4. The Morgan fingerprint density at radius 3 is 2.03 bits per heavy atom. The average Bonchev–Trinajstić information content (AvgIpc) is 3.94. The number of methoxy groups -OCH3 is 3. The van der Waals surface area contributed by atoms with Gasteiger partial charge in [0.2, 0.25) is 0 Å². The molecule has 19 nitrogen and oxygen atoms in total. The fourth-order valence-corrected chi connectivity index (χ4v) is 9.94. The van der Waals surface area contributed by atoms with Crippen molar-refractivity contribution in [1.29, 1.82) is 0 Å². The van der Waals surface area contributed by atoms with Gasteiger partial charge in [-0.1, -0.05) is 36.4 Å². The van der Waals surface area contributed by atoms with Gasteiger partial charge in [0, 0.05) is 87.8 Å². The summed E-state index contributed by atoms with van der Waals surface area (Å²) in [6.07, 6.45) is 3.47. The predicted molar refractivity (Wildman–Crippen MR) is 288 cm³/mol. The third-order valence-electron chi connectivity index (χ3n) is 13.8. The van der Waals surface area contributed by atoms with E-state index in [1.165, 1.54) is 21.1 Å². The number of hydrogen-bond acceptors (Lipinski definition) is 16. The molecule has 0 radical (unpaired) electrons. The lowest BCUT2D eigenvalue weighted by Crippen LogP contribution is -2.39. The molecule has 2 N–H and O–H groups in total. The maximum atomic E-state index is 14.2. The van der Waals surface area contributed by atoms with E-state index in [9.17, 15) is 24.0 Å². The zero-order valence-corrected chi connectivity index (χ0v) is 43.8. The first-order valence-corrected chi connectivity index (χ1v) is 25.8. The molecule has 4 aliphatic rings. The standard InChI is InChI=1S/C58H64N6O13/c1-37(65)15-16-55(66)61-77-56(67)14-9-17-62(18-19-73-22-23-74-21-20-70-2)42-25-38(35-75-53-31-47-45(29-51(53)71-3)57(68)63-43(33-59-47)27-40-10-5-7-12-49(40)63)24-39(26-42)36-76-54-32-48-46(30-52(54)72-4)58(69)64-44(34-60-48)28-41-11-6-8-13-50(41)64/h5-8,10-13,24-26,29-33,43-44,60H,9,14-23,27-28,34-36H2,1-4H3,(H,61,66)/t43-,44+/m1/s1. The Labute approximate surface area is 447 Å². The van der Waals surface area contributed by atoms with Crippen molar-refractivity contribution in [2.75, 3.05) is 94.0 Å². The van der Waals surface area contributed by atoms with E-state index in [1.54, 1.807) is 30.2 Å². The van der Waals surface area contributed by atoms with E-state index in [0.717, 1.165) is 45.7 Å². The lowest BCUT2D eigenvalue weighted by Gasteiger charge is -2.26. The number of anilines is 4. The molecule has 0 aliphatic carbocycles. The third kappa shape index (κ3) is 12.8. The second-order valence-electron chi connectivity index (χ2n) is 19.1. The number of nitrogens with zero attached hydrogens (tertiary/aromatic N) is 4. The molecule has 0 aromatic heterocycles. The second-order valence-corrected chi connectivity index (χ2v) is 19.1. The molecule has 0 unspecified atom stereocenters. The van der Waals surface area contributed by atoms with Gasteiger partial charge in [-0.2, -0.15) is 5.48 Å². The second kappa shape index (κ2) is 25.2. The third-order valence-corrected chi connectivity index (χ3v) is 13.8. The zero-order valence-electron chi connectivity index (χ0n) is 43.8. The van der Waals surface area contributed by atoms with Gasteiger partial charge in [0.1, 0.15) is 19.0 Å². The summed E-state index contributed by atoms with van der Waals surface area (Å²) in [5.41, 5.74) is 10.4. The number of hydrogen-bond donors (Lipinski definition) is 2. The first-order valence-electron chi connectivity index (χ1n) is 25.8. The highest BCUT2D eigenvalue weighted by Crippen LogP contribution is 2.43. The number of benzene rings is 5. The summed E-state index contributed by atoms with van der Waals surface area (Å²) in [7, 11) is 4.68. The van der Waals surface area contributed by atoms with Crippen molar-refractivity contribution < 1.29 is 62.0 Å². The number of amides is 3. The van der Waals surface area contributed by atoms with E-state index in [4.69, 9.17) is 43.0 Å². The fourth-order valence-electron chi connectivity index (χ4n) is 9.94. The molecule has 19 heteroatoms. The summed E-state index contributed by atoms with van der Waals surface area (Å²) in [4.78, 5) is 80.3. The van der Waals surface area contributed by atoms with E-state index in [2.05, 4.69) is 21.8 Å². The molecule has 5 aromatic rings. The molecule has 0 spiro atoms. The molecule has 4 aliphatic heterocycles. The number of aliphatic imine (C=N–C) groups is 1. The quantitative estimate of drug-likeness (QED) is 0.0433. The average molecular weight is 1050 g/mol. The number of Topliss-reactive ketones (excluding diaryl/α,β-unsaturated/α-hetero) is 1. The van der Waals surface area contributed by atoms with Gasteiger partial charge in [0.15, 0.2) is 23.0 Å². The number of ketones is 1. The Kier molecular flexibility index (Phi) is 17.6. The monoisotopic (exact) mass is 1050 g/mol. The maximum Gasteiger partial charge on any atom is 0.332 e. The van der Waals surface area contributed by atoms with Gasteiger partial charge >= 0.3 is 5.97 Å². The van der Waals surface area contributed by atoms with Crippen LogP contribution >= 0.6 is 0 Å². The molecule has 3 amide bonds. The summed E-state index contributed by atoms with van der Waals surface area (Å²) >= 11 is 0. The van der Waals surface area contributed by atoms with Crippen LogP contribution in [0.2, 0.25) is 0 Å². The first-order chi connectivity index (χ1) is 37.5. The van der Waals surface area contributed by atoms with E-state index < -0.39 is 11.9 Å². The Morgan fingerprint density at radius 1 is 0.688 bits per heavy atom. The smallest absolute Gasteiger partial charge is 0.332 e. The number of carbonyl (C=O) groups excluding carboxylic acids is 5. The molecule has 77 heavy (non-hydrogen) atoms. The van der Waals surface area contributed by atoms with Crippen molar-refractivity contribution in [3.05, 3.63) is 124 Å². The number of fused-ring (bicyclic) bond motifs is 8. The van der Waals surface area contributed by atoms with Crippen LogP contribution in [-0.4, -0.2) is 122 Å². The minimum absolute atomic E-state index is 0.0236. The predicted octanol–water partition coefficient (Wildman–Crippen LogP) is 7.36. The van der Waals surface area contributed by atoms with E-state index >= 15 is 0 Å². The van der Waals surface area contributed by atoms with Crippen molar-refractivity contribution in [3.8, 4) is 23.0 Å². The normalized spacial score (nSPS) is 15.6. The number of nitrogens with one attached hydrogen (secondary N) is 2. The highest BCUT2D eigenvalue weighted by molar-refractivity contribution is 6.15. The van der Waals surface area contributed by atoms with Crippen LogP contribution in [0.25, 0.3) is 0 Å². The topological polar surface area (TPSA) is 205 Å². The number of rotatable bonds is 25. The van der Waals surface area contributed by atoms with Gasteiger partial charge in [-0.25, -0.2) is 4.79 Å². The Hall–Kier alpha value is -8.00. The largest absolute Gasteiger partial charge is 0.493 e. The Morgan fingerprint density at radius 2 is 1.32 bits per heavy atom. The minimum Gasteiger partial charge on any atom is -0.493 e. The lowest BCUT2D eigenvalue weighted by molar-refractivity contribution is -0.158. The zero-order chi connectivity index (χ0) is 53.8. The Bertz CT molecular complexity index is 3020. The molecule has 5 aromatic carbocycles. The molecule has 0 fully saturated rings. The highest BCUT2D eigenvalue weighted by atomic mass is 16.7. The first kappa shape index (κ1) is 53.8. The van der Waals surface area contributed by atoms with Crippen molar-refractivity contribution in [1.82, 2.24) is 5.48 Å². The molecule has 4 heterocycles. The van der Waals surface area contributed by atoms with Crippen LogP contribution < -0.4 is 44.4 Å². The van der Waals surface area contributed by atoms with Crippen molar-refractivity contribution >= 4 is 64.1 Å². The van der Waals surface area contributed by atoms with Crippen LogP contribution in [0.4, 0.5) is 28.4 Å². The number of ether oxygens (including phenoxy) is 7. The van der Waals surface area contributed by atoms with Crippen molar-refractivity contribution in [2.45, 2.75) is 70.7 Å². The van der Waals surface area contributed by atoms with Gasteiger partial charge in [-0.15, -0.1) is 0 Å². The SMILES string of the molecule is COCCOCCOCCN(CCCC(=O)ONC(=O)CCC(C)=O)c1cc(COc2cc3c(cc2OC)C(=O)N2c4ccccc4C[C@@H]2C=N3)cc(COc2cc3c(cc2OC)C(=O)N2c4ccccc4C[C@H]2CN3)c1. The van der Waals surface area contributed by atoms with Crippen molar-refractivity contribution in [3.63, 3.8) is 0 Å². The van der Waals surface area contributed by atoms with Crippen LogP contribution in [0.3, 0.4) is 0 Å². The summed E-state index contributed by atoms with van der Waals surface area (Å²) < 4.78 is 41.6. The highest BCUT2D eigenvalue weighted by Gasteiger charge is 2.39. The summed E-state index contributed by atoms with van der Waals surface area (Å²) in [5, 5.41) is 3.50. The minimum atomic E-state index is -0.635. The molecule has 0 saturated carbocycles. The van der Waals surface area contributed by atoms with Gasteiger partial charge in [0.05, 0.1) is 81.8 Å². The van der Waals surface area contributed by atoms with Gasteiger partial charge in [0.25, 0.3) is 17.7 Å². The fraction of sp³-hybridized carbons (Fsp3) is 0.379. The summed E-state index contributed by atoms with van der Waals surface area (Å²) in [5.74, 6) is -0.100. The number of para-hydroxylation sites is 2. The number of hydroxylamine groups is 1. The van der Waals surface area contributed by atoms with Crippen LogP contribution in [0.1, 0.15) is 75.6 Å². The van der Waals surface area contributed by atoms with E-state index in [0.29, 0.717) is 111 Å². The lowest BCUT2D eigenvalue weighted by atomic mass is 10.1. The van der Waals surface area contributed by atoms with Gasteiger partial charge in [-0.3, -0.25) is 24.3 Å². The molecule has 0 bridgehead atoms. The van der Waals surface area contributed by atoms with Crippen LogP contribution in [0.5, 0.6) is 23.0 Å². The number of carbonyl (C=O) groups is 5. The van der Waals surface area contributed by atoms with E-state index in [-0.39, 0.29) is 62.2 Å².